The van der Waals surface area contributed by atoms with Crippen molar-refractivity contribution in [3.05, 3.63) is 35.9 Å². The third kappa shape index (κ3) is 2.47. The predicted molar refractivity (Wildman–Crippen MR) is 43.9 cm³/mol. The Morgan fingerprint density at radius 1 is 1.30 bits per heavy atom. The maximum atomic E-state index is 9.02. The van der Waals surface area contributed by atoms with Crippen LogP contribution in [0.25, 0.3) is 0 Å². The van der Waals surface area contributed by atoms with Gasteiger partial charge in [-0.25, -0.2) is 0 Å². The lowest BCUT2D eigenvalue weighted by atomic mass is 10.2. The van der Waals surface area contributed by atoms with E-state index in [4.69, 9.17) is 4.80 Å². The van der Waals surface area contributed by atoms with E-state index >= 15 is 0 Å². The van der Waals surface area contributed by atoms with E-state index in [2.05, 4.69) is 9.76 Å². The van der Waals surface area contributed by atoms with Crippen molar-refractivity contribution in [2.24, 2.45) is 0 Å². The van der Waals surface area contributed by atoms with E-state index in [1.54, 1.807) is 0 Å². The van der Waals surface area contributed by atoms with Crippen LogP contribution >= 0.6 is 0 Å². The summed E-state index contributed by atoms with van der Waals surface area (Å²) in [6.45, 7) is 0. The maximum absolute atomic E-state index is 9.02. The Morgan fingerprint density at radius 2 is 1.90 bits per heavy atom. The zero-order valence-corrected chi connectivity index (χ0v) is 7.54. The summed E-state index contributed by atoms with van der Waals surface area (Å²) in [5.74, 6) is 0. The van der Waals surface area contributed by atoms with Gasteiger partial charge in [0.1, 0.15) is 0 Å². The minimum atomic E-state index is -1.28. The van der Waals surface area contributed by atoms with Gasteiger partial charge >= 0.3 is 0 Å². The fourth-order valence-corrected chi connectivity index (χ4v) is 2.02. The van der Waals surface area contributed by atoms with E-state index in [1.807, 2.05) is 30.3 Å². The molecule has 0 atom stereocenters. The summed E-state index contributed by atoms with van der Waals surface area (Å²) in [5, 5.41) is 0. The van der Waals surface area contributed by atoms with Crippen LogP contribution in [0.5, 0.6) is 0 Å². The highest BCUT2D eigenvalue weighted by Crippen LogP contribution is 1.98. The highest BCUT2D eigenvalue weighted by Gasteiger charge is 1.99. The average molecular weight is 164 g/mol. The van der Waals surface area contributed by atoms with E-state index in [0.29, 0.717) is 0 Å². The van der Waals surface area contributed by atoms with Crippen LogP contribution in [0.2, 0.25) is 0 Å². The average Bonchev–Trinajstić information content (AvgIpc) is 1.88. The summed E-state index contributed by atoms with van der Waals surface area (Å²) >= 11 is 0. The molecule has 0 aromatic heterocycles. The van der Waals surface area contributed by atoms with Gasteiger partial charge in [-0.15, -0.1) is 0 Å². The topological polar surface area (TPSA) is 20.2 Å². The third-order valence-electron chi connectivity index (χ3n) is 1.21. The van der Waals surface area contributed by atoms with E-state index in [1.165, 1.54) is 5.56 Å². The number of hydrogen-bond donors (Lipinski definition) is 1. The van der Waals surface area contributed by atoms with Gasteiger partial charge in [-0.1, -0.05) is 30.3 Å². The molecule has 0 aliphatic rings. The van der Waals surface area contributed by atoms with Crippen molar-refractivity contribution in [1.29, 1.82) is 0 Å². The molecule has 1 nitrogen and oxygen atoms in total. The second kappa shape index (κ2) is 3.70. The van der Waals surface area contributed by atoms with Gasteiger partial charge < -0.3 is 4.80 Å². The Hall–Kier alpha value is -0.386. The molecule has 0 aliphatic heterocycles. The van der Waals surface area contributed by atoms with Gasteiger partial charge in [0.15, 0.2) is 8.56 Å². The molecule has 0 saturated heterocycles. The summed E-state index contributed by atoms with van der Waals surface area (Å²) in [4.78, 5) is 9.02. The SMILES string of the molecule is O[Si]([Si])Cc1ccccc1. The Labute approximate surface area is 65.7 Å². The lowest BCUT2D eigenvalue weighted by Gasteiger charge is -1.99. The van der Waals surface area contributed by atoms with Crippen molar-refractivity contribution in [2.45, 2.75) is 6.04 Å². The first kappa shape index (κ1) is 7.72. The summed E-state index contributed by atoms with van der Waals surface area (Å²) in [6, 6.07) is 10.7. The molecule has 1 N–H and O–H groups in total. The van der Waals surface area contributed by atoms with Gasteiger partial charge in [-0.3, -0.25) is 0 Å². The Balaban J connectivity index is 2.59. The van der Waals surface area contributed by atoms with Crippen molar-refractivity contribution in [3.63, 3.8) is 0 Å². The van der Waals surface area contributed by atoms with Gasteiger partial charge in [0, 0.05) is 9.76 Å². The van der Waals surface area contributed by atoms with Gasteiger partial charge in [0.2, 0.25) is 0 Å². The van der Waals surface area contributed by atoms with Gasteiger partial charge in [-0.2, -0.15) is 0 Å². The lowest BCUT2D eigenvalue weighted by Crippen LogP contribution is -2.15. The minimum Gasteiger partial charge on any atom is -0.435 e. The summed E-state index contributed by atoms with van der Waals surface area (Å²) in [6.07, 6.45) is 0. The molecular formula is C7H8OSi2. The first-order valence-electron chi connectivity index (χ1n) is 3.09. The summed E-state index contributed by atoms with van der Waals surface area (Å²) in [7, 11) is 1.93. The lowest BCUT2D eigenvalue weighted by molar-refractivity contribution is 0.591. The first-order valence-corrected chi connectivity index (χ1v) is 6.25. The molecule has 10 heavy (non-hydrogen) atoms. The molecule has 50 valence electrons. The molecule has 0 fully saturated rings. The number of hydrogen-bond acceptors (Lipinski definition) is 1. The molecular weight excluding hydrogens is 156 g/mol. The Bertz CT molecular complexity index is 186. The number of benzene rings is 1. The van der Waals surface area contributed by atoms with Gasteiger partial charge in [-0.05, 0) is 11.6 Å². The minimum absolute atomic E-state index is 0.766. The Morgan fingerprint density at radius 3 is 2.40 bits per heavy atom. The smallest absolute Gasteiger partial charge is 0.186 e. The molecule has 1 aromatic carbocycles. The van der Waals surface area contributed by atoms with Gasteiger partial charge in [0.05, 0.1) is 0 Å². The summed E-state index contributed by atoms with van der Waals surface area (Å²) in [5.41, 5.74) is 1.19. The summed E-state index contributed by atoms with van der Waals surface area (Å²) < 4.78 is 0. The van der Waals surface area contributed by atoms with Gasteiger partial charge in [0.25, 0.3) is 0 Å². The van der Waals surface area contributed by atoms with Crippen LogP contribution in [0, 0.1) is 0 Å². The molecule has 0 saturated carbocycles. The third-order valence-corrected chi connectivity index (χ3v) is 2.49. The quantitative estimate of drug-likeness (QED) is 0.628. The zero-order chi connectivity index (χ0) is 7.40. The number of rotatable bonds is 2. The molecule has 0 spiro atoms. The molecule has 0 heterocycles. The van der Waals surface area contributed by atoms with Crippen LogP contribution in [-0.4, -0.2) is 23.1 Å². The van der Waals surface area contributed by atoms with Crippen LogP contribution in [0.1, 0.15) is 5.56 Å². The van der Waals surface area contributed by atoms with Crippen molar-refractivity contribution in [3.8, 4) is 0 Å². The molecule has 0 bridgehead atoms. The second-order valence-corrected chi connectivity index (χ2v) is 5.09. The fourth-order valence-electron chi connectivity index (χ4n) is 0.789. The van der Waals surface area contributed by atoms with Crippen LogP contribution in [0.4, 0.5) is 0 Å². The predicted octanol–water partition coefficient (Wildman–Crippen LogP) is 0.417. The molecule has 0 amide bonds. The van der Waals surface area contributed by atoms with Crippen molar-refractivity contribution in [2.75, 3.05) is 0 Å². The van der Waals surface area contributed by atoms with Crippen molar-refractivity contribution < 1.29 is 4.80 Å². The largest absolute Gasteiger partial charge is 0.435 e. The van der Waals surface area contributed by atoms with E-state index in [0.717, 1.165) is 6.04 Å². The van der Waals surface area contributed by atoms with Crippen molar-refractivity contribution in [1.82, 2.24) is 0 Å². The molecule has 3 heteroatoms. The standard InChI is InChI=1S/C7H8OSi2/c8-10(9)6-7-4-2-1-3-5-7/h1-5,8H,6H2. The molecule has 4 radical (unpaired) electrons. The van der Waals surface area contributed by atoms with Crippen LogP contribution in [0.15, 0.2) is 30.3 Å². The van der Waals surface area contributed by atoms with E-state index in [9.17, 15) is 0 Å². The second-order valence-electron chi connectivity index (χ2n) is 2.11. The molecule has 1 aromatic rings. The zero-order valence-electron chi connectivity index (χ0n) is 5.54. The van der Waals surface area contributed by atoms with Crippen molar-refractivity contribution >= 4 is 18.3 Å². The van der Waals surface area contributed by atoms with E-state index < -0.39 is 8.56 Å². The molecule has 0 aliphatic carbocycles. The maximum Gasteiger partial charge on any atom is 0.186 e. The first-order chi connectivity index (χ1) is 4.79. The highest BCUT2D eigenvalue weighted by molar-refractivity contribution is 6.98. The van der Waals surface area contributed by atoms with Crippen LogP contribution in [-0.2, 0) is 6.04 Å². The monoisotopic (exact) mass is 164 g/mol. The molecule has 1 rings (SSSR count). The van der Waals surface area contributed by atoms with Crippen LogP contribution < -0.4 is 0 Å². The van der Waals surface area contributed by atoms with E-state index in [-0.39, 0.29) is 0 Å². The fraction of sp³-hybridized carbons (Fsp3) is 0.143. The normalized spacial score (nSPS) is 10.3. The van der Waals surface area contributed by atoms with Crippen LogP contribution in [0.3, 0.4) is 0 Å². The Kier molecular flexibility index (Phi) is 2.86. The highest BCUT2D eigenvalue weighted by atomic mass is 29.2. The molecule has 0 unspecified atom stereocenters.